The van der Waals surface area contributed by atoms with Crippen LogP contribution in [-0.4, -0.2) is 19.3 Å². The number of halogens is 1. The van der Waals surface area contributed by atoms with Crippen molar-refractivity contribution in [2.45, 2.75) is 31.6 Å². The summed E-state index contributed by atoms with van der Waals surface area (Å²) in [6, 6.07) is 17.3. The van der Waals surface area contributed by atoms with Gasteiger partial charge in [-0.2, -0.15) is 0 Å². The van der Waals surface area contributed by atoms with E-state index in [0.717, 1.165) is 11.1 Å². The lowest BCUT2D eigenvalue weighted by Gasteiger charge is -2.13. The Kier molecular flexibility index (Phi) is 6.97. The summed E-state index contributed by atoms with van der Waals surface area (Å²) >= 11 is 0. The van der Waals surface area contributed by atoms with Gasteiger partial charge in [-0.15, -0.1) is 0 Å². The fourth-order valence-electron chi connectivity index (χ4n) is 3.50. The highest BCUT2D eigenvalue weighted by Gasteiger charge is 2.17. The molecule has 0 radical (unpaired) electrons. The van der Waals surface area contributed by atoms with E-state index in [0.29, 0.717) is 28.6 Å². The molecule has 0 spiro atoms. The number of oxazole rings is 1. The van der Waals surface area contributed by atoms with Crippen LogP contribution in [0.5, 0.6) is 0 Å². The molecule has 0 aliphatic heterocycles. The number of anilines is 2. The summed E-state index contributed by atoms with van der Waals surface area (Å²) in [5.41, 5.74) is 3.37. The summed E-state index contributed by atoms with van der Waals surface area (Å²) in [5, 5.41) is 2.74. The van der Waals surface area contributed by atoms with Gasteiger partial charge in [-0.3, -0.25) is 9.52 Å². The normalized spacial score (nSPS) is 11.3. The average Bonchev–Trinajstić information content (AvgIpc) is 3.30. The van der Waals surface area contributed by atoms with E-state index in [9.17, 15) is 17.6 Å². The first-order valence-electron chi connectivity index (χ1n) is 10.9. The van der Waals surface area contributed by atoms with Crippen molar-refractivity contribution >= 4 is 27.3 Å². The number of benzene rings is 3. The van der Waals surface area contributed by atoms with Crippen LogP contribution in [0.2, 0.25) is 0 Å². The molecule has 1 aromatic heterocycles. The number of hydrogen-bond donors (Lipinski definition) is 2. The van der Waals surface area contributed by atoms with Gasteiger partial charge < -0.3 is 9.73 Å². The molecule has 4 aromatic rings. The number of nitrogens with one attached hydrogen (secondary N) is 2. The van der Waals surface area contributed by atoms with Gasteiger partial charge >= 0.3 is 0 Å². The smallest absolute Gasteiger partial charge is 0.261 e. The third-order valence-corrected chi connectivity index (χ3v) is 6.78. The summed E-state index contributed by atoms with van der Waals surface area (Å²) < 4.78 is 46.9. The number of aromatic nitrogens is 1. The Morgan fingerprint density at radius 1 is 0.971 bits per heavy atom. The Bertz CT molecular complexity index is 1430. The van der Waals surface area contributed by atoms with Crippen molar-refractivity contribution in [2.75, 3.05) is 10.0 Å². The van der Waals surface area contributed by atoms with Crippen molar-refractivity contribution in [3.05, 3.63) is 95.8 Å². The number of amides is 1. The highest BCUT2D eigenvalue weighted by Crippen LogP contribution is 2.24. The van der Waals surface area contributed by atoms with Crippen LogP contribution in [0.25, 0.3) is 11.3 Å². The molecule has 4 rings (SSSR count). The number of aryl methyl sites for hydroxylation is 3. The Balaban J connectivity index is 1.34. The molecule has 0 unspecified atom stereocenters. The molecule has 0 atom stereocenters. The van der Waals surface area contributed by atoms with Crippen molar-refractivity contribution in [3.8, 4) is 11.3 Å². The molecule has 1 amide bonds. The van der Waals surface area contributed by atoms with Gasteiger partial charge in [0.1, 0.15) is 5.82 Å². The molecule has 2 N–H and O–H groups in total. The minimum absolute atomic E-state index is 0.0891. The molecule has 9 heteroatoms. The van der Waals surface area contributed by atoms with Crippen LogP contribution >= 0.6 is 0 Å². The zero-order valence-corrected chi connectivity index (χ0v) is 20.0. The van der Waals surface area contributed by atoms with Crippen LogP contribution in [-0.2, 0) is 21.2 Å². The second-order valence-corrected chi connectivity index (χ2v) is 9.75. The molecule has 7 nitrogen and oxygen atoms in total. The van der Waals surface area contributed by atoms with Crippen LogP contribution < -0.4 is 10.0 Å². The third kappa shape index (κ3) is 5.93. The summed E-state index contributed by atoms with van der Waals surface area (Å²) in [6.45, 7) is 3.68. The van der Waals surface area contributed by atoms with Gasteiger partial charge in [-0.1, -0.05) is 18.2 Å². The molecule has 1 heterocycles. The highest BCUT2D eigenvalue weighted by atomic mass is 32.2. The van der Waals surface area contributed by atoms with E-state index in [-0.39, 0.29) is 29.5 Å². The van der Waals surface area contributed by atoms with E-state index in [1.54, 1.807) is 12.1 Å². The summed E-state index contributed by atoms with van der Waals surface area (Å²) in [4.78, 5) is 16.6. The minimum Gasteiger partial charge on any atom is -0.441 e. The number of sulfonamides is 1. The quantitative estimate of drug-likeness (QED) is 0.339. The number of rotatable bonds is 8. The van der Waals surface area contributed by atoms with Gasteiger partial charge in [-0.05, 0) is 73.5 Å². The van der Waals surface area contributed by atoms with Gasteiger partial charge in [0.15, 0.2) is 11.7 Å². The van der Waals surface area contributed by atoms with Gasteiger partial charge in [0.25, 0.3) is 10.0 Å². The molecular formula is C26H24FN3O4S. The monoisotopic (exact) mass is 493 g/mol. The molecular weight excluding hydrogens is 469 g/mol. The molecule has 0 aliphatic carbocycles. The first kappa shape index (κ1) is 24.2. The summed E-state index contributed by atoms with van der Waals surface area (Å²) in [5.74, 6) is 0.273. The standard InChI is InChI=1S/C26H24FN3O4S/c1-17-4-3-5-18(2)26(17)30-35(32,33)22-12-10-21(11-13-22)29-24(31)14-15-25-28-16-23(34-25)19-6-8-20(27)9-7-19/h3-13,16,30H,14-15H2,1-2H3,(H,29,31). The summed E-state index contributed by atoms with van der Waals surface area (Å²) in [7, 11) is -3.78. The first-order chi connectivity index (χ1) is 16.7. The van der Waals surface area contributed by atoms with Crippen molar-refractivity contribution in [2.24, 2.45) is 0 Å². The fraction of sp³-hybridized carbons (Fsp3) is 0.154. The van der Waals surface area contributed by atoms with Gasteiger partial charge in [0, 0.05) is 24.1 Å². The van der Waals surface area contributed by atoms with Gasteiger partial charge in [0.05, 0.1) is 16.8 Å². The maximum Gasteiger partial charge on any atom is 0.261 e. The van der Waals surface area contributed by atoms with E-state index >= 15 is 0 Å². The van der Waals surface area contributed by atoms with E-state index < -0.39 is 10.0 Å². The second-order valence-electron chi connectivity index (χ2n) is 8.07. The predicted octanol–water partition coefficient (Wildman–Crippen LogP) is 5.47. The Labute approximate surface area is 203 Å². The number of hydrogen-bond acceptors (Lipinski definition) is 5. The molecule has 3 aromatic carbocycles. The van der Waals surface area contributed by atoms with E-state index in [1.807, 2.05) is 32.0 Å². The Hall–Kier alpha value is -3.98. The van der Waals surface area contributed by atoms with Crippen LogP contribution in [0.1, 0.15) is 23.4 Å². The molecule has 0 fully saturated rings. The van der Waals surface area contributed by atoms with Crippen molar-refractivity contribution in [3.63, 3.8) is 0 Å². The van der Waals surface area contributed by atoms with Gasteiger partial charge in [0.2, 0.25) is 5.91 Å². The Morgan fingerprint density at radius 3 is 2.29 bits per heavy atom. The maximum atomic E-state index is 13.1. The number of carbonyl (C=O) groups excluding carboxylic acids is 1. The lowest BCUT2D eigenvalue weighted by atomic mass is 10.1. The zero-order valence-electron chi connectivity index (χ0n) is 19.2. The van der Waals surface area contributed by atoms with Crippen molar-refractivity contribution in [1.82, 2.24) is 4.98 Å². The molecule has 180 valence electrons. The predicted molar refractivity (Wildman–Crippen MR) is 132 cm³/mol. The van der Waals surface area contributed by atoms with Crippen LogP contribution in [0.15, 0.2) is 82.2 Å². The highest BCUT2D eigenvalue weighted by molar-refractivity contribution is 7.92. The van der Waals surface area contributed by atoms with Crippen molar-refractivity contribution in [1.29, 1.82) is 0 Å². The SMILES string of the molecule is Cc1cccc(C)c1NS(=O)(=O)c1ccc(NC(=O)CCc2ncc(-c3ccc(F)cc3)o2)cc1. The minimum atomic E-state index is -3.78. The van der Waals surface area contributed by atoms with Gasteiger partial charge in [-0.25, -0.2) is 17.8 Å². The van der Waals surface area contributed by atoms with Crippen LogP contribution in [0.3, 0.4) is 0 Å². The maximum absolute atomic E-state index is 13.1. The fourth-order valence-corrected chi connectivity index (χ4v) is 4.71. The Morgan fingerprint density at radius 2 is 1.63 bits per heavy atom. The number of carbonyl (C=O) groups is 1. The zero-order chi connectivity index (χ0) is 25.0. The van der Waals surface area contributed by atoms with E-state index in [4.69, 9.17) is 4.42 Å². The topological polar surface area (TPSA) is 101 Å². The number of para-hydroxylation sites is 1. The molecule has 0 saturated heterocycles. The molecule has 35 heavy (non-hydrogen) atoms. The largest absolute Gasteiger partial charge is 0.441 e. The van der Waals surface area contributed by atoms with Crippen molar-refractivity contribution < 1.29 is 22.0 Å². The molecule has 0 aliphatic rings. The van der Waals surface area contributed by atoms with E-state index in [1.165, 1.54) is 42.6 Å². The second kappa shape index (κ2) is 10.1. The van der Waals surface area contributed by atoms with E-state index in [2.05, 4.69) is 15.0 Å². The third-order valence-electron chi connectivity index (χ3n) is 5.41. The lowest BCUT2D eigenvalue weighted by Crippen LogP contribution is -2.15. The average molecular weight is 494 g/mol. The number of nitrogens with zero attached hydrogens (tertiary/aromatic N) is 1. The van der Waals surface area contributed by atoms with Crippen LogP contribution in [0.4, 0.5) is 15.8 Å². The van der Waals surface area contributed by atoms with Crippen LogP contribution in [0, 0.1) is 19.7 Å². The molecule has 0 saturated carbocycles. The lowest BCUT2D eigenvalue weighted by molar-refractivity contribution is -0.116. The summed E-state index contributed by atoms with van der Waals surface area (Å²) in [6.07, 6.45) is 1.93. The first-order valence-corrected chi connectivity index (χ1v) is 12.4. The molecule has 0 bridgehead atoms.